The molecule has 1 rings (SSSR count). The number of nitrogens with zero attached hydrogens (tertiary/aromatic N) is 2. The van der Waals surface area contributed by atoms with Crippen LogP contribution in [0.25, 0.3) is 0 Å². The number of hydrogen-bond donors (Lipinski definition) is 1. The van der Waals surface area contributed by atoms with E-state index in [4.69, 9.17) is 5.11 Å². The highest BCUT2D eigenvalue weighted by Crippen LogP contribution is 2.36. The van der Waals surface area contributed by atoms with Crippen LogP contribution in [0.2, 0.25) is 0 Å². The molecule has 0 aromatic rings. The quantitative estimate of drug-likeness (QED) is 0.556. The molecule has 1 atom stereocenters. The minimum atomic E-state index is -0.859. The number of allylic oxidation sites excluding steroid dienone is 1. The van der Waals surface area contributed by atoms with Crippen LogP contribution in [-0.2, 0) is 4.79 Å². The van der Waals surface area contributed by atoms with Crippen LogP contribution in [0.3, 0.4) is 0 Å². The molecule has 0 aromatic carbocycles. The predicted molar refractivity (Wildman–Crippen MR) is 64.1 cm³/mol. The third kappa shape index (κ3) is 3.08. The topological polar surface area (TPSA) is 52.9 Å². The molecule has 0 saturated heterocycles. The zero-order chi connectivity index (χ0) is 12.3. The van der Waals surface area contributed by atoms with Crippen molar-refractivity contribution in [1.29, 1.82) is 0 Å². The molecule has 16 heavy (non-hydrogen) atoms. The molecule has 4 heteroatoms. The Hall–Kier alpha value is -1.32. The van der Waals surface area contributed by atoms with Gasteiger partial charge in [-0.2, -0.15) is 5.10 Å². The van der Waals surface area contributed by atoms with Crippen molar-refractivity contribution in [2.24, 2.45) is 16.9 Å². The van der Waals surface area contributed by atoms with E-state index in [-0.39, 0.29) is 5.92 Å². The van der Waals surface area contributed by atoms with Gasteiger partial charge < -0.3 is 5.11 Å². The number of hydrazone groups is 1. The van der Waals surface area contributed by atoms with Gasteiger partial charge in [0.15, 0.2) is 6.04 Å². The first-order valence-electron chi connectivity index (χ1n) is 5.63. The van der Waals surface area contributed by atoms with E-state index < -0.39 is 12.0 Å². The number of hydrogen-bond acceptors (Lipinski definition) is 3. The van der Waals surface area contributed by atoms with Crippen molar-refractivity contribution in [3.8, 4) is 0 Å². The molecule has 1 unspecified atom stereocenters. The van der Waals surface area contributed by atoms with Crippen LogP contribution >= 0.6 is 0 Å². The molecule has 1 aliphatic carbocycles. The van der Waals surface area contributed by atoms with Gasteiger partial charge in [-0.1, -0.05) is 19.4 Å². The van der Waals surface area contributed by atoms with Gasteiger partial charge in [-0.15, -0.1) is 0 Å². The lowest BCUT2D eigenvalue weighted by molar-refractivity contribution is -0.143. The number of carboxylic acid groups (broad SMARTS) is 1. The summed E-state index contributed by atoms with van der Waals surface area (Å²) in [7, 11) is 0. The second-order valence-electron chi connectivity index (χ2n) is 4.70. The van der Waals surface area contributed by atoms with Crippen molar-refractivity contribution in [2.75, 3.05) is 0 Å². The highest BCUT2D eigenvalue weighted by Gasteiger charge is 2.29. The van der Waals surface area contributed by atoms with E-state index in [1.54, 1.807) is 0 Å². The van der Waals surface area contributed by atoms with Crippen molar-refractivity contribution < 1.29 is 9.90 Å². The molecule has 1 saturated carbocycles. The van der Waals surface area contributed by atoms with Gasteiger partial charge in [-0.3, -0.25) is 5.01 Å². The van der Waals surface area contributed by atoms with E-state index >= 15 is 0 Å². The maximum atomic E-state index is 11.1. The third-order valence-electron chi connectivity index (χ3n) is 2.89. The number of carbonyl (C=O) groups is 1. The van der Waals surface area contributed by atoms with Gasteiger partial charge >= 0.3 is 5.97 Å². The maximum Gasteiger partial charge on any atom is 0.328 e. The first kappa shape index (κ1) is 12.7. The van der Waals surface area contributed by atoms with Crippen LogP contribution in [0.4, 0.5) is 0 Å². The summed E-state index contributed by atoms with van der Waals surface area (Å²) in [6.07, 6.45) is 4.23. The zero-order valence-corrected chi connectivity index (χ0v) is 10.2. The van der Waals surface area contributed by atoms with Crippen molar-refractivity contribution in [1.82, 2.24) is 5.01 Å². The Morgan fingerprint density at radius 2 is 2.12 bits per heavy atom. The van der Waals surface area contributed by atoms with E-state index in [1.165, 1.54) is 23.4 Å². The minimum absolute atomic E-state index is 0.00810. The number of aliphatic carboxylic acids is 1. The van der Waals surface area contributed by atoms with Crippen LogP contribution in [0.15, 0.2) is 16.9 Å². The zero-order valence-electron chi connectivity index (χ0n) is 10.2. The van der Waals surface area contributed by atoms with Crippen molar-refractivity contribution in [2.45, 2.75) is 39.7 Å². The maximum absolute atomic E-state index is 11.1. The second-order valence-corrected chi connectivity index (χ2v) is 4.70. The first-order valence-corrected chi connectivity index (χ1v) is 5.63. The lowest BCUT2D eigenvalue weighted by Crippen LogP contribution is -2.38. The molecule has 1 N–H and O–H groups in total. The smallest absolute Gasteiger partial charge is 0.328 e. The minimum Gasteiger partial charge on any atom is -0.480 e. The van der Waals surface area contributed by atoms with Crippen LogP contribution in [0, 0.1) is 11.8 Å². The summed E-state index contributed by atoms with van der Waals surface area (Å²) in [4.78, 5) is 11.1. The summed E-state index contributed by atoms with van der Waals surface area (Å²) in [5, 5.41) is 14.4. The average molecular weight is 224 g/mol. The number of carboxylic acids is 1. The van der Waals surface area contributed by atoms with Crippen LogP contribution < -0.4 is 0 Å². The molecule has 0 bridgehead atoms. The second kappa shape index (κ2) is 5.14. The van der Waals surface area contributed by atoms with Crippen molar-refractivity contribution >= 4 is 12.7 Å². The standard InChI is InChI=1S/C12H20N2O2/c1-8(2)11(12(15)16)14(13-4)7-9(3)10-5-6-10/h7-8,10-11H,4-6H2,1-3H3,(H,15,16)/b9-7+. The van der Waals surface area contributed by atoms with E-state index in [9.17, 15) is 4.79 Å². The number of rotatable bonds is 6. The summed E-state index contributed by atoms with van der Waals surface area (Å²) in [5.74, 6) is -0.251. The van der Waals surface area contributed by atoms with Gasteiger partial charge in [0, 0.05) is 12.9 Å². The fourth-order valence-corrected chi connectivity index (χ4v) is 1.77. The molecular formula is C12H20N2O2. The lowest BCUT2D eigenvalue weighted by Gasteiger charge is -2.26. The molecule has 0 radical (unpaired) electrons. The van der Waals surface area contributed by atoms with Gasteiger partial charge in [0.1, 0.15) is 0 Å². The Balaban J connectivity index is 2.81. The predicted octanol–water partition coefficient (Wildman–Crippen LogP) is 2.33. The first-order chi connectivity index (χ1) is 7.47. The van der Waals surface area contributed by atoms with E-state index in [1.807, 2.05) is 27.0 Å². The van der Waals surface area contributed by atoms with Gasteiger partial charge in [-0.25, -0.2) is 4.79 Å². The Morgan fingerprint density at radius 1 is 1.56 bits per heavy atom. The van der Waals surface area contributed by atoms with E-state index in [0.717, 1.165) is 0 Å². The van der Waals surface area contributed by atoms with Crippen molar-refractivity contribution in [3.63, 3.8) is 0 Å². The highest BCUT2D eigenvalue weighted by molar-refractivity contribution is 5.74. The van der Waals surface area contributed by atoms with Gasteiger partial charge in [0.2, 0.25) is 0 Å². The lowest BCUT2D eigenvalue weighted by atomic mass is 10.0. The Morgan fingerprint density at radius 3 is 2.44 bits per heavy atom. The summed E-state index contributed by atoms with van der Waals surface area (Å²) >= 11 is 0. The highest BCUT2D eigenvalue weighted by atomic mass is 16.4. The molecule has 90 valence electrons. The van der Waals surface area contributed by atoms with Gasteiger partial charge in [0.05, 0.1) is 0 Å². The molecule has 0 heterocycles. The van der Waals surface area contributed by atoms with E-state index in [2.05, 4.69) is 11.8 Å². The Labute approximate surface area is 96.6 Å². The molecule has 1 fully saturated rings. The van der Waals surface area contributed by atoms with Crippen LogP contribution in [0.1, 0.15) is 33.6 Å². The summed E-state index contributed by atoms with van der Waals surface area (Å²) in [5.41, 5.74) is 1.19. The Kier molecular flexibility index (Phi) is 4.10. The molecule has 0 spiro atoms. The monoisotopic (exact) mass is 224 g/mol. The molecule has 0 aliphatic heterocycles. The molecular weight excluding hydrogens is 204 g/mol. The summed E-state index contributed by atoms with van der Waals surface area (Å²) < 4.78 is 0. The van der Waals surface area contributed by atoms with Crippen LogP contribution in [0.5, 0.6) is 0 Å². The average Bonchev–Trinajstić information content (AvgIpc) is 2.98. The molecule has 1 aliphatic rings. The third-order valence-corrected chi connectivity index (χ3v) is 2.89. The summed E-state index contributed by atoms with van der Waals surface area (Å²) in [6, 6.07) is -0.633. The molecule has 0 amide bonds. The largest absolute Gasteiger partial charge is 0.480 e. The van der Waals surface area contributed by atoms with E-state index in [0.29, 0.717) is 5.92 Å². The van der Waals surface area contributed by atoms with Crippen molar-refractivity contribution in [3.05, 3.63) is 11.8 Å². The SMILES string of the molecule is C=NN(/C=C(\C)C1CC1)C(C(=O)O)C(C)C. The molecule has 0 aromatic heterocycles. The van der Waals surface area contributed by atoms with Gasteiger partial charge in [-0.05, 0) is 31.6 Å². The normalized spacial score (nSPS) is 18.4. The molecule has 4 nitrogen and oxygen atoms in total. The van der Waals surface area contributed by atoms with Gasteiger partial charge in [0.25, 0.3) is 0 Å². The fourth-order valence-electron chi connectivity index (χ4n) is 1.77. The fraction of sp³-hybridized carbons (Fsp3) is 0.667. The van der Waals surface area contributed by atoms with Crippen LogP contribution in [-0.4, -0.2) is 28.8 Å². The summed E-state index contributed by atoms with van der Waals surface area (Å²) in [6.45, 7) is 9.21. The Bertz CT molecular complexity index is 306.